The monoisotopic (exact) mass is 210 g/mol. The van der Waals surface area contributed by atoms with Gasteiger partial charge in [-0.25, -0.2) is 0 Å². The van der Waals surface area contributed by atoms with Gasteiger partial charge in [-0.3, -0.25) is 0 Å². The van der Waals surface area contributed by atoms with Crippen molar-refractivity contribution in [3.8, 4) is 0 Å². The molecule has 2 aliphatic rings. The minimum Gasteiger partial charge on any atom is -0.387 e. The van der Waals surface area contributed by atoms with Crippen molar-refractivity contribution < 1.29 is 10.2 Å². The Bertz CT molecular complexity index is 285. The summed E-state index contributed by atoms with van der Waals surface area (Å²) in [6.45, 7) is 5.13. The summed E-state index contributed by atoms with van der Waals surface area (Å²) in [6.07, 6.45) is 8.81. The molecule has 2 heteroatoms. The third-order valence-corrected chi connectivity index (χ3v) is 4.42. The van der Waals surface area contributed by atoms with Crippen LogP contribution in [0.2, 0.25) is 0 Å². The van der Waals surface area contributed by atoms with E-state index in [1.807, 2.05) is 0 Å². The Labute approximate surface area is 92.0 Å². The molecule has 86 valence electrons. The second-order valence-corrected chi connectivity index (χ2v) is 6.23. The van der Waals surface area contributed by atoms with Crippen molar-refractivity contribution in [3.05, 3.63) is 12.2 Å². The zero-order valence-corrected chi connectivity index (χ0v) is 9.95. The molecule has 0 spiro atoms. The molecule has 0 saturated heterocycles. The molecule has 3 unspecified atom stereocenters. The summed E-state index contributed by atoms with van der Waals surface area (Å²) >= 11 is 0. The Hall–Kier alpha value is -0.340. The highest BCUT2D eigenvalue weighted by atomic mass is 16.4. The Morgan fingerprint density at radius 1 is 1.33 bits per heavy atom. The van der Waals surface area contributed by atoms with Crippen LogP contribution in [0.5, 0.6) is 0 Å². The predicted octanol–water partition coefficient (Wildman–Crippen LogP) is 2.25. The van der Waals surface area contributed by atoms with Gasteiger partial charge in [-0.05, 0) is 57.8 Å². The third kappa shape index (κ3) is 1.85. The van der Waals surface area contributed by atoms with Crippen molar-refractivity contribution in [2.45, 2.75) is 57.7 Å². The van der Waals surface area contributed by atoms with Crippen LogP contribution in [0.1, 0.15) is 46.5 Å². The fraction of sp³-hybridized carbons (Fsp3) is 0.846. The average molecular weight is 210 g/mol. The molecule has 2 N–H and O–H groups in total. The zero-order chi connectivity index (χ0) is 11.3. The van der Waals surface area contributed by atoms with Gasteiger partial charge in [-0.2, -0.15) is 0 Å². The van der Waals surface area contributed by atoms with Crippen molar-refractivity contribution in [1.29, 1.82) is 0 Å². The lowest BCUT2D eigenvalue weighted by Crippen LogP contribution is -2.50. The van der Waals surface area contributed by atoms with Crippen LogP contribution in [0, 0.1) is 11.3 Å². The first-order chi connectivity index (χ1) is 6.74. The predicted molar refractivity (Wildman–Crippen MR) is 60.5 cm³/mol. The Kier molecular flexibility index (Phi) is 2.29. The lowest BCUT2D eigenvalue weighted by molar-refractivity contribution is -0.136. The highest BCUT2D eigenvalue weighted by Gasteiger charge is 2.48. The quantitative estimate of drug-likeness (QED) is 0.701. The topological polar surface area (TPSA) is 40.5 Å². The number of fused-ring (bicyclic) bond motifs is 2. The van der Waals surface area contributed by atoms with E-state index in [9.17, 15) is 10.2 Å². The standard InChI is InChI=1S/C13H22O2/c1-11(2,14)12(3,15)9-13-6-4-10(8-13)5-7-13/h4,6,10,14-15H,5,7-9H2,1-3H3. The minimum absolute atomic E-state index is 0.161. The van der Waals surface area contributed by atoms with Crippen LogP contribution in [0.4, 0.5) is 0 Å². The lowest BCUT2D eigenvalue weighted by atomic mass is 9.72. The molecule has 2 aliphatic carbocycles. The van der Waals surface area contributed by atoms with E-state index >= 15 is 0 Å². The van der Waals surface area contributed by atoms with Gasteiger partial charge in [-0.15, -0.1) is 0 Å². The smallest absolute Gasteiger partial charge is 0.0908 e. The van der Waals surface area contributed by atoms with Crippen molar-refractivity contribution in [2.24, 2.45) is 11.3 Å². The van der Waals surface area contributed by atoms with E-state index in [1.165, 1.54) is 19.3 Å². The van der Waals surface area contributed by atoms with E-state index in [0.29, 0.717) is 6.42 Å². The van der Waals surface area contributed by atoms with Crippen molar-refractivity contribution in [2.75, 3.05) is 0 Å². The summed E-state index contributed by atoms with van der Waals surface area (Å²) in [4.78, 5) is 0. The SMILES string of the molecule is CC(C)(O)C(C)(O)CC12C=CC(CC1)C2. The number of aliphatic hydroxyl groups is 2. The molecule has 0 amide bonds. The Balaban J connectivity index is 2.12. The number of allylic oxidation sites excluding steroid dienone is 2. The molecule has 0 aliphatic heterocycles. The molecule has 0 aromatic rings. The number of rotatable bonds is 3. The molecule has 2 bridgehead atoms. The van der Waals surface area contributed by atoms with Crippen LogP contribution in [0.15, 0.2) is 12.2 Å². The lowest BCUT2D eigenvalue weighted by Gasteiger charge is -2.41. The first-order valence-electron chi connectivity index (χ1n) is 5.88. The van der Waals surface area contributed by atoms with Gasteiger partial charge >= 0.3 is 0 Å². The fourth-order valence-electron chi connectivity index (χ4n) is 2.98. The zero-order valence-electron chi connectivity index (χ0n) is 9.95. The average Bonchev–Trinajstić information content (AvgIpc) is 2.59. The fourth-order valence-corrected chi connectivity index (χ4v) is 2.98. The van der Waals surface area contributed by atoms with Gasteiger partial charge in [0.2, 0.25) is 0 Å². The molecule has 1 saturated carbocycles. The second kappa shape index (κ2) is 3.08. The minimum atomic E-state index is -1.03. The molecule has 0 heterocycles. The number of hydrogen-bond acceptors (Lipinski definition) is 2. The summed E-state index contributed by atoms with van der Waals surface area (Å²) in [5.74, 6) is 0.725. The largest absolute Gasteiger partial charge is 0.387 e. The summed E-state index contributed by atoms with van der Waals surface area (Å²) in [7, 11) is 0. The Morgan fingerprint density at radius 2 is 2.00 bits per heavy atom. The van der Waals surface area contributed by atoms with E-state index in [4.69, 9.17) is 0 Å². The first kappa shape index (κ1) is 11.2. The van der Waals surface area contributed by atoms with Gasteiger partial charge in [0.15, 0.2) is 0 Å². The summed E-state index contributed by atoms with van der Waals surface area (Å²) < 4.78 is 0. The normalized spacial score (nSPS) is 38.3. The van der Waals surface area contributed by atoms with Crippen LogP contribution in [-0.2, 0) is 0 Å². The summed E-state index contributed by atoms with van der Waals surface area (Å²) in [6, 6.07) is 0. The Morgan fingerprint density at radius 3 is 2.33 bits per heavy atom. The molecule has 0 aromatic heterocycles. The molecule has 3 atom stereocenters. The molecule has 2 rings (SSSR count). The highest BCUT2D eigenvalue weighted by molar-refractivity contribution is 5.17. The van der Waals surface area contributed by atoms with Crippen molar-refractivity contribution in [1.82, 2.24) is 0 Å². The van der Waals surface area contributed by atoms with Crippen LogP contribution < -0.4 is 0 Å². The van der Waals surface area contributed by atoms with Gasteiger partial charge in [-0.1, -0.05) is 12.2 Å². The van der Waals surface area contributed by atoms with Crippen LogP contribution >= 0.6 is 0 Å². The van der Waals surface area contributed by atoms with E-state index in [1.54, 1.807) is 20.8 Å². The molecule has 1 fully saturated rings. The third-order valence-electron chi connectivity index (χ3n) is 4.42. The van der Waals surface area contributed by atoms with Gasteiger partial charge in [0.05, 0.1) is 11.2 Å². The maximum atomic E-state index is 10.3. The summed E-state index contributed by atoms with van der Waals surface area (Å²) in [5, 5.41) is 20.3. The van der Waals surface area contributed by atoms with Gasteiger partial charge < -0.3 is 10.2 Å². The van der Waals surface area contributed by atoms with E-state index in [-0.39, 0.29) is 5.41 Å². The molecular formula is C13H22O2. The summed E-state index contributed by atoms with van der Waals surface area (Å²) in [5.41, 5.74) is -1.87. The molecule has 15 heavy (non-hydrogen) atoms. The first-order valence-corrected chi connectivity index (χ1v) is 5.88. The van der Waals surface area contributed by atoms with Crippen LogP contribution in [-0.4, -0.2) is 21.4 Å². The second-order valence-electron chi connectivity index (χ2n) is 6.23. The molecule has 0 aromatic carbocycles. The number of hydrogen-bond donors (Lipinski definition) is 2. The molecule has 0 radical (unpaired) electrons. The van der Waals surface area contributed by atoms with Gasteiger partial charge in [0.25, 0.3) is 0 Å². The van der Waals surface area contributed by atoms with E-state index < -0.39 is 11.2 Å². The molecule has 2 nitrogen and oxygen atoms in total. The van der Waals surface area contributed by atoms with E-state index in [0.717, 1.165) is 5.92 Å². The van der Waals surface area contributed by atoms with Crippen molar-refractivity contribution in [3.63, 3.8) is 0 Å². The maximum Gasteiger partial charge on any atom is 0.0908 e. The van der Waals surface area contributed by atoms with Crippen LogP contribution in [0.25, 0.3) is 0 Å². The highest BCUT2D eigenvalue weighted by Crippen LogP contribution is 2.54. The van der Waals surface area contributed by atoms with Gasteiger partial charge in [0.1, 0.15) is 0 Å². The van der Waals surface area contributed by atoms with Gasteiger partial charge in [0, 0.05) is 0 Å². The maximum absolute atomic E-state index is 10.3. The van der Waals surface area contributed by atoms with Crippen LogP contribution in [0.3, 0.4) is 0 Å². The molecular weight excluding hydrogens is 188 g/mol. The van der Waals surface area contributed by atoms with Crippen molar-refractivity contribution >= 4 is 0 Å². The van der Waals surface area contributed by atoms with E-state index in [2.05, 4.69) is 12.2 Å².